The van der Waals surface area contributed by atoms with Crippen molar-refractivity contribution in [1.82, 2.24) is 4.90 Å². The van der Waals surface area contributed by atoms with Crippen molar-refractivity contribution in [3.63, 3.8) is 0 Å². The molecule has 0 atom stereocenters. The van der Waals surface area contributed by atoms with Gasteiger partial charge < -0.3 is 6.33 Å². The molecule has 0 aromatic heterocycles. The maximum absolute atomic E-state index is 2.57. The van der Waals surface area contributed by atoms with E-state index in [0.29, 0.717) is 0 Å². The minimum Gasteiger partial charge on any atom is -1.00 e. The molecule has 0 N–H and O–H groups in total. The van der Waals surface area contributed by atoms with Gasteiger partial charge >= 0.3 is 29.6 Å². The number of likely N-dealkylation sites (tertiary alicyclic amines) is 1. The van der Waals surface area contributed by atoms with Crippen LogP contribution in [0, 0.1) is 0 Å². The zero-order valence-electron chi connectivity index (χ0n) is 8.40. The Morgan fingerprint density at radius 3 is 2.30 bits per heavy atom. The zero-order chi connectivity index (χ0) is 6.53. The van der Waals surface area contributed by atoms with Crippen molar-refractivity contribution in [2.75, 3.05) is 19.6 Å². The average Bonchev–Trinajstić information content (AvgIpc) is 1.91. The quantitative estimate of drug-likeness (QED) is 0.458. The van der Waals surface area contributed by atoms with Crippen molar-refractivity contribution in [2.45, 2.75) is 32.6 Å². The number of piperidine rings is 1. The summed E-state index contributed by atoms with van der Waals surface area (Å²) in [6.45, 7) is 6.29. The summed E-state index contributed by atoms with van der Waals surface area (Å²) < 4.78 is 0. The molecule has 0 aliphatic carbocycles. The first-order chi connectivity index (χ1) is 4.43. The second kappa shape index (κ2) is 6.66. The first-order valence-corrected chi connectivity index (χ1v) is 4.16. The van der Waals surface area contributed by atoms with Crippen LogP contribution in [0.15, 0.2) is 0 Å². The number of hydrogen-bond acceptors (Lipinski definition) is 1. The molecule has 0 aromatic rings. The van der Waals surface area contributed by atoms with Crippen molar-refractivity contribution < 1.29 is 31.0 Å². The van der Waals surface area contributed by atoms with E-state index in [9.17, 15) is 0 Å². The molecule has 1 fully saturated rings. The Labute approximate surface area is 87.9 Å². The van der Waals surface area contributed by atoms with Crippen LogP contribution < -0.4 is 29.6 Å². The summed E-state index contributed by atoms with van der Waals surface area (Å²) in [7, 11) is 0. The standard InChI is InChI=1S/C8H17N.Na.H/c1-2-6-9-7-4-3-5-8-9;;/h2-8H2,1H3;;/q;+1;-1. The van der Waals surface area contributed by atoms with E-state index in [1.165, 1.54) is 45.3 Å². The fraction of sp³-hybridized carbons (Fsp3) is 1.00. The molecule has 1 aliphatic rings. The van der Waals surface area contributed by atoms with Gasteiger partial charge in [-0.15, -0.1) is 0 Å². The van der Waals surface area contributed by atoms with Crippen molar-refractivity contribution in [3.05, 3.63) is 0 Å². The molecule has 56 valence electrons. The van der Waals surface area contributed by atoms with Gasteiger partial charge in [0.25, 0.3) is 0 Å². The summed E-state index contributed by atoms with van der Waals surface area (Å²) in [4.78, 5) is 2.57. The normalized spacial score (nSPS) is 20.1. The van der Waals surface area contributed by atoms with Gasteiger partial charge in [0.15, 0.2) is 0 Å². The van der Waals surface area contributed by atoms with Gasteiger partial charge in [-0.25, -0.2) is 0 Å². The van der Waals surface area contributed by atoms with Gasteiger partial charge in [0, 0.05) is 0 Å². The molecular formula is C8H18NNa. The van der Waals surface area contributed by atoms with E-state index in [-0.39, 0.29) is 31.0 Å². The summed E-state index contributed by atoms with van der Waals surface area (Å²) in [5.41, 5.74) is 0. The van der Waals surface area contributed by atoms with E-state index >= 15 is 0 Å². The minimum atomic E-state index is 0. The topological polar surface area (TPSA) is 3.24 Å². The van der Waals surface area contributed by atoms with Crippen molar-refractivity contribution in [3.8, 4) is 0 Å². The Kier molecular flexibility index (Phi) is 7.30. The van der Waals surface area contributed by atoms with Gasteiger partial charge in [0.2, 0.25) is 0 Å². The Morgan fingerprint density at radius 2 is 1.80 bits per heavy atom. The van der Waals surface area contributed by atoms with Crippen molar-refractivity contribution >= 4 is 0 Å². The third-order valence-corrected chi connectivity index (χ3v) is 1.99. The summed E-state index contributed by atoms with van der Waals surface area (Å²) in [5, 5.41) is 0. The molecule has 1 nitrogen and oxygen atoms in total. The van der Waals surface area contributed by atoms with Crippen LogP contribution in [0.4, 0.5) is 0 Å². The summed E-state index contributed by atoms with van der Waals surface area (Å²) >= 11 is 0. The Balaban J connectivity index is 0. The molecule has 10 heavy (non-hydrogen) atoms. The van der Waals surface area contributed by atoms with Crippen LogP contribution in [0.2, 0.25) is 0 Å². The first-order valence-electron chi connectivity index (χ1n) is 4.16. The molecule has 1 saturated heterocycles. The van der Waals surface area contributed by atoms with E-state index in [2.05, 4.69) is 11.8 Å². The van der Waals surface area contributed by atoms with Gasteiger partial charge in [-0.3, -0.25) is 0 Å². The van der Waals surface area contributed by atoms with E-state index < -0.39 is 0 Å². The zero-order valence-corrected chi connectivity index (χ0v) is 9.40. The molecule has 1 heterocycles. The molecule has 0 saturated carbocycles. The van der Waals surface area contributed by atoms with Gasteiger partial charge in [-0.2, -0.15) is 0 Å². The van der Waals surface area contributed by atoms with Crippen LogP contribution in [0.25, 0.3) is 0 Å². The van der Waals surface area contributed by atoms with E-state index in [4.69, 9.17) is 0 Å². The number of hydrogen-bond donors (Lipinski definition) is 0. The largest absolute Gasteiger partial charge is 1.00 e. The molecular weight excluding hydrogens is 133 g/mol. The first kappa shape index (κ1) is 11.0. The van der Waals surface area contributed by atoms with Gasteiger partial charge in [0.05, 0.1) is 0 Å². The van der Waals surface area contributed by atoms with Crippen LogP contribution >= 0.6 is 0 Å². The summed E-state index contributed by atoms with van der Waals surface area (Å²) in [6.07, 6.45) is 5.64. The average molecular weight is 151 g/mol. The van der Waals surface area contributed by atoms with Gasteiger partial charge in [-0.1, -0.05) is 13.3 Å². The number of nitrogens with zero attached hydrogens (tertiary/aromatic N) is 1. The predicted octanol–water partition coefficient (Wildman–Crippen LogP) is -1.00. The second-order valence-electron chi connectivity index (χ2n) is 2.90. The van der Waals surface area contributed by atoms with Crippen molar-refractivity contribution in [2.24, 2.45) is 0 Å². The third-order valence-electron chi connectivity index (χ3n) is 1.99. The molecule has 0 amide bonds. The molecule has 0 unspecified atom stereocenters. The third kappa shape index (κ3) is 3.97. The maximum atomic E-state index is 2.57. The minimum absolute atomic E-state index is 0. The molecule has 0 aromatic carbocycles. The number of rotatable bonds is 2. The van der Waals surface area contributed by atoms with E-state index in [1.807, 2.05) is 0 Å². The maximum Gasteiger partial charge on any atom is 1.00 e. The van der Waals surface area contributed by atoms with Crippen LogP contribution in [0.1, 0.15) is 34.0 Å². The van der Waals surface area contributed by atoms with Crippen LogP contribution in [-0.2, 0) is 0 Å². The summed E-state index contributed by atoms with van der Waals surface area (Å²) in [5.74, 6) is 0. The van der Waals surface area contributed by atoms with Crippen LogP contribution in [-0.4, -0.2) is 24.5 Å². The fourth-order valence-corrected chi connectivity index (χ4v) is 1.50. The van der Waals surface area contributed by atoms with Crippen molar-refractivity contribution in [1.29, 1.82) is 0 Å². The summed E-state index contributed by atoms with van der Waals surface area (Å²) in [6, 6.07) is 0. The predicted molar refractivity (Wildman–Crippen MR) is 41.7 cm³/mol. The SMILES string of the molecule is CCCN1CCCCC1.[H-].[Na+]. The smallest absolute Gasteiger partial charge is 1.00 e. The monoisotopic (exact) mass is 151 g/mol. The molecule has 0 spiro atoms. The molecule has 1 rings (SSSR count). The van der Waals surface area contributed by atoms with Crippen LogP contribution in [0.3, 0.4) is 0 Å². The van der Waals surface area contributed by atoms with Gasteiger partial charge in [-0.05, 0) is 38.9 Å². The molecule has 0 bridgehead atoms. The van der Waals surface area contributed by atoms with Gasteiger partial charge in [0.1, 0.15) is 0 Å². The molecule has 1 aliphatic heterocycles. The van der Waals surface area contributed by atoms with E-state index in [1.54, 1.807) is 0 Å². The van der Waals surface area contributed by atoms with E-state index in [0.717, 1.165) is 0 Å². The Hall–Kier alpha value is 0.960. The second-order valence-corrected chi connectivity index (χ2v) is 2.90. The molecule has 2 heteroatoms. The Bertz CT molecular complexity index is 71.7. The van der Waals surface area contributed by atoms with Crippen LogP contribution in [0.5, 0.6) is 0 Å². The molecule has 0 radical (unpaired) electrons. The Morgan fingerprint density at radius 1 is 1.20 bits per heavy atom. The fourth-order valence-electron chi connectivity index (χ4n) is 1.50.